The molecule has 0 radical (unpaired) electrons. The van der Waals surface area contributed by atoms with Gasteiger partial charge in [0.25, 0.3) is 0 Å². The van der Waals surface area contributed by atoms with E-state index < -0.39 is 0 Å². The molecule has 0 spiro atoms. The number of fused-ring (bicyclic) bond motifs is 1. The molecule has 1 heterocycles. The van der Waals surface area contributed by atoms with Gasteiger partial charge in [0.1, 0.15) is 11.4 Å². The predicted molar refractivity (Wildman–Crippen MR) is 67.0 cm³/mol. The minimum atomic E-state index is -0.0810. The van der Waals surface area contributed by atoms with Gasteiger partial charge in [-0.3, -0.25) is 0 Å². The second-order valence-electron chi connectivity index (χ2n) is 5.38. The van der Waals surface area contributed by atoms with Crippen LogP contribution in [0.2, 0.25) is 0 Å². The molecule has 0 fully saturated rings. The number of aryl methyl sites for hydroxylation is 2. The molecule has 2 nitrogen and oxygen atoms in total. The van der Waals surface area contributed by atoms with Gasteiger partial charge < -0.3 is 10.1 Å². The molecule has 0 bridgehead atoms. The first-order chi connectivity index (χ1) is 7.43. The lowest BCUT2D eigenvalue weighted by Gasteiger charge is -2.38. The van der Waals surface area contributed by atoms with Crippen molar-refractivity contribution in [3.63, 3.8) is 0 Å². The van der Waals surface area contributed by atoms with Crippen LogP contribution < -0.4 is 10.1 Å². The van der Waals surface area contributed by atoms with Crippen molar-refractivity contribution >= 4 is 0 Å². The molecule has 0 saturated carbocycles. The first-order valence-corrected chi connectivity index (χ1v) is 5.90. The van der Waals surface area contributed by atoms with E-state index in [2.05, 4.69) is 45.1 Å². The smallest absolute Gasteiger partial charge is 0.125 e. The number of ether oxygens (including phenoxy) is 1. The van der Waals surface area contributed by atoms with Gasteiger partial charge in [-0.05, 0) is 51.9 Å². The van der Waals surface area contributed by atoms with Gasteiger partial charge >= 0.3 is 0 Å². The Bertz CT molecular complexity index is 409. The van der Waals surface area contributed by atoms with E-state index in [9.17, 15) is 0 Å². The predicted octanol–water partition coefficient (Wildman–Crippen LogP) is 3.13. The van der Waals surface area contributed by atoms with Crippen molar-refractivity contribution in [2.45, 2.75) is 45.8 Å². The third-order valence-corrected chi connectivity index (χ3v) is 3.43. The van der Waals surface area contributed by atoms with E-state index in [0.29, 0.717) is 6.04 Å². The Balaban J connectivity index is 2.50. The molecule has 16 heavy (non-hydrogen) atoms. The van der Waals surface area contributed by atoms with Crippen LogP contribution in [0.5, 0.6) is 5.75 Å². The van der Waals surface area contributed by atoms with Crippen molar-refractivity contribution in [2.24, 2.45) is 0 Å². The zero-order chi connectivity index (χ0) is 11.9. The molecular weight excluding hydrogens is 198 g/mol. The number of benzene rings is 1. The summed E-state index contributed by atoms with van der Waals surface area (Å²) < 4.78 is 6.05. The van der Waals surface area contributed by atoms with Crippen molar-refractivity contribution in [3.8, 4) is 5.75 Å². The largest absolute Gasteiger partial charge is 0.487 e. The molecule has 88 valence electrons. The maximum atomic E-state index is 6.05. The van der Waals surface area contributed by atoms with Gasteiger partial charge in [-0.2, -0.15) is 0 Å². The van der Waals surface area contributed by atoms with E-state index in [1.165, 1.54) is 16.7 Å². The first kappa shape index (κ1) is 11.5. The number of nitrogens with one attached hydrogen (secondary N) is 1. The van der Waals surface area contributed by atoms with Crippen LogP contribution >= 0.6 is 0 Å². The summed E-state index contributed by atoms with van der Waals surface area (Å²) in [6.07, 6.45) is 1.01. The highest BCUT2D eigenvalue weighted by atomic mass is 16.5. The zero-order valence-electron chi connectivity index (χ0n) is 10.8. The summed E-state index contributed by atoms with van der Waals surface area (Å²) >= 11 is 0. The van der Waals surface area contributed by atoms with Crippen LogP contribution in [0, 0.1) is 13.8 Å². The Hall–Kier alpha value is -1.02. The maximum absolute atomic E-state index is 6.05. The fourth-order valence-corrected chi connectivity index (χ4v) is 2.37. The fraction of sp³-hybridized carbons (Fsp3) is 0.571. The van der Waals surface area contributed by atoms with Crippen molar-refractivity contribution in [1.29, 1.82) is 0 Å². The normalized spacial score (nSPS) is 22.4. The van der Waals surface area contributed by atoms with E-state index in [1.807, 2.05) is 7.05 Å². The average molecular weight is 219 g/mol. The molecule has 1 aliphatic rings. The number of hydrogen-bond acceptors (Lipinski definition) is 2. The fourth-order valence-electron chi connectivity index (χ4n) is 2.37. The SMILES string of the molecule is CNC1CC(C)(C)Oc2cc(C)c(C)cc21. The Morgan fingerprint density at radius 2 is 1.88 bits per heavy atom. The second-order valence-corrected chi connectivity index (χ2v) is 5.38. The van der Waals surface area contributed by atoms with Crippen LogP contribution in [-0.2, 0) is 0 Å². The Morgan fingerprint density at radius 1 is 1.25 bits per heavy atom. The zero-order valence-corrected chi connectivity index (χ0v) is 10.8. The molecule has 1 aliphatic heterocycles. The van der Waals surface area contributed by atoms with Crippen molar-refractivity contribution in [3.05, 3.63) is 28.8 Å². The van der Waals surface area contributed by atoms with E-state index in [4.69, 9.17) is 4.74 Å². The van der Waals surface area contributed by atoms with Gasteiger partial charge in [0.2, 0.25) is 0 Å². The van der Waals surface area contributed by atoms with Gasteiger partial charge in [0.15, 0.2) is 0 Å². The van der Waals surface area contributed by atoms with Gasteiger partial charge in [-0.15, -0.1) is 0 Å². The lowest BCUT2D eigenvalue weighted by atomic mass is 9.88. The summed E-state index contributed by atoms with van der Waals surface area (Å²) in [6, 6.07) is 4.81. The molecule has 1 unspecified atom stereocenters. The molecule has 1 N–H and O–H groups in total. The van der Waals surface area contributed by atoms with E-state index in [1.54, 1.807) is 0 Å². The van der Waals surface area contributed by atoms with Crippen LogP contribution in [0.1, 0.15) is 43.0 Å². The third kappa shape index (κ3) is 1.94. The molecule has 0 aliphatic carbocycles. The van der Waals surface area contributed by atoms with Crippen LogP contribution in [0.25, 0.3) is 0 Å². The van der Waals surface area contributed by atoms with Crippen LogP contribution in [-0.4, -0.2) is 12.6 Å². The Labute approximate surface area is 98.0 Å². The van der Waals surface area contributed by atoms with Crippen LogP contribution in [0.15, 0.2) is 12.1 Å². The van der Waals surface area contributed by atoms with Crippen molar-refractivity contribution in [2.75, 3.05) is 7.05 Å². The summed E-state index contributed by atoms with van der Waals surface area (Å²) in [4.78, 5) is 0. The summed E-state index contributed by atoms with van der Waals surface area (Å²) in [5.74, 6) is 1.04. The molecule has 1 aromatic carbocycles. The van der Waals surface area contributed by atoms with Crippen molar-refractivity contribution in [1.82, 2.24) is 5.32 Å². The summed E-state index contributed by atoms with van der Waals surface area (Å²) in [6.45, 7) is 8.59. The molecule has 2 rings (SSSR count). The lowest BCUT2D eigenvalue weighted by Crippen LogP contribution is -2.38. The van der Waals surface area contributed by atoms with Gasteiger partial charge in [0, 0.05) is 18.0 Å². The molecular formula is C14H21NO. The average Bonchev–Trinajstić information content (AvgIpc) is 2.18. The minimum absolute atomic E-state index is 0.0810. The molecule has 0 amide bonds. The van der Waals surface area contributed by atoms with E-state index in [-0.39, 0.29) is 5.60 Å². The van der Waals surface area contributed by atoms with Gasteiger partial charge in [0.05, 0.1) is 0 Å². The van der Waals surface area contributed by atoms with Gasteiger partial charge in [-0.25, -0.2) is 0 Å². The minimum Gasteiger partial charge on any atom is -0.487 e. The standard InChI is InChI=1S/C14H21NO/c1-9-6-11-12(15-5)8-14(3,4)16-13(11)7-10(9)2/h6-7,12,15H,8H2,1-5H3. The summed E-state index contributed by atoms with van der Waals surface area (Å²) in [5, 5.41) is 3.38. The van der Waals surface area contributed by atoms with Crippen LogP contribution in [0.3, 0.4) is 0 Å². The highest BCUT2D eigenvalue weighted by Gasteiger charge is 2.33. The topological polar surface area (TPSA) is 21.3 Å². The first-order valence-electron chi connectivity index (χ1n) is 5.90. The Kier molecular flexibility index (Phi) is 2.70. The van der Waals surface area contributed by atoms with Crippen molar-refractivity contribution < 1.29 is 4.74 Å². The molecule has 0 aromatic heterocycles. The molecule has 0 saturated heterocycles. The molecule has 1 aromatic rings. The highest BCUT2D eigenvalue weighted by Crippen LogP contribution is 2.40. The second kappa shape index (κ2) is 3.77. The maximum Gasteiger partial charge on any atom is 0.125 e. The van der Waals surface area contributed by atoms with Crippen LogP contribution in [0.4, 0.5) is 0 Å². The van der Waals surface area contributed by atoms with E-state index >= 15 is 0 Å². The van der Waals surface area contributed by atoms with E-state index in [0.717, 1.165) is 12.2 Å². The summed E-state index contributed by atoms with van der Waals surface area (Å²) in [7, 11) is 2.02. The monoisotopic (exact) mass is 219 g/mol. The molecule has 2 heteroatoms. The highest BCUT2D eigenvalue weighted by molar-refractivity contribution is 5.45. The number of rotatable bonds is 1. The quantitative estimate of drug-likeness (QED) is 0.783. The van der Waals surface area contributed by atoms with Gasteiger partial charge in [-0.1, -0.05) is 6.07 Å². The lowest BCUT2D eigenvalue weighted by molar-refractivity contribution is 0.0674. The Morgan fingerprint density at radius 3 is 2.50 bits per heavy atom. The third-order valence-electron chi connectivity index (χ3n) is 3.43. The number of hydrogen-bond donors (Lipinski definition) is 1. The summed E-state index contributed by atoms with van der Waals surface area (Å²) in [5.41, 5.74) is 3.85. The molecule has 1 atom stereocenters.